The topological polar surface area (TPSA) is 69.4 Å². The minimum absolute atomic E-state index is 0.325. The molecule has 0 fully saturated rings. The Kier molecular flexibility index (Phi) is 3.30. The summed E-state index contributed by atoms with van der Waals surface area (Å²) in [6.45, 7) is 2.08. The third-order valence-electron chi connectivity index (χ3n) is 2.44. The lowest BCUT2D eigenvalue weighted by Crippen LogP contribution is -2.13. The summed E-state index contributed by atoms with van der Waals surface area (Å²) in [5, 5.41) is 0.429. The molecule has 1 aromatic heterocycles. The van der Waals surface area contributed by atoms with E-state index < -0.39 is 16.8 Å². The Morgan fingerprint density at radius 2 is 2.38 bits per heavy atom. The van der Waals surface area contributed by atoms with Crippen molar-refractivity contribution in [2.24, 2.45) is 0 Å². The first-order valence-corrected chi connectivity index (χ1v) is 7.25. The van der Waals surface area contributed by atoms with Crippen LogP contribution in [0.1, 0.15) is 29.3 Å². The molecule has 0 bridgehead atoms. The predicted molar refractivity (Wildman–Crippen MR) is 64.3 cm³/mol. The Bertz CT molecular complexity index is 453. The Morgan fingerprint density at radius 3 is 3.06 bits per heavy atom. The van der Waals surface area contributed by atoms with Crippen molar-refractivity contribution in [1.29, 1.82) is 0 Å². The first-order valence-electron chi connectivity index (χ1n) is 5.11. The van der Waals surface area contributed by atoms with Gasteiger partial charge in [0.2, 0.25) is 0 Å². The van der Waals surface area contributed by atoms with E-state index in [4.69, 9.17) is 10.5 Å². The molecule has 0 spiro atoms. The fourth-order valence-corrected chi connectivity index (χ4v) is 4.57. The predicted octanol–water partition coefficient (Wildman–Crippen LogP) is 1.56. The van der Waals surface area contributed by atoms with E-state index in [-0.39, 0.29) is 0 Å². The van der Waals surface area contributed by atoms with E-state index in [1.807, 2.05) is 0 Å². The van der Waals surface area contributed by atoms with Crippen LogP contribution in [0.3, 0.4) is 0 Å². The molecule has 0 saturated heterocycles. The molecule has 1 atom stereocenters. The van der Waals surface area contributed by atoms with E-state index in [0.29, 0.717) is 22.9 Å². The zero-order chi connectivity index (χ0) is 11.7. The Labute approximate surface area is 100 Å². The van der Waals surface area contributed by atoms with Gasteiger partial charge < -0.3 is 10.5 Å². The first kappa shape index (κ1) is 11.6. The minimum Gasteiger partial charge on any atom is -0.462 e. The van der Waals surface area contributed by atoms with Crippen molar-refractivity contribution in [1.82, 2.24) is 0 Å². The van der Waals surface area contributed by atoms with Crippen molar-refractivity contribution in [2.75, 3.05) is 18.1 Å². The second kappa shape index (κ2) is 4.55. The fourth-order valence-electron chi connectivity index (χ4n) is 1.77. The van der Waals surface area contributed by atoms with E-state index in [1.54, 1.807) is 6.92 Å². The number of carbonyl (C=O) groups excluding carboxylic acids is 1. The zero-order valence-corrected chi connectivity index (χ0v) is 10.6. The number of nitrogens with two attached hydrogens (primary N) is 1. The molecule has 4 nitrogen and oxygen atoms in total. The van der Waals surface area contributed by atoms with Crippen LogP contribution in [0.2, 0.25) is 0 Å². The maximum atomic E-state index is 11.7. The van der Waals surface area contributed by atoms with Crippen molar-refractivity contribution in [2.45, 2.75) is 24.0 Å². The number of esters is 1. The summed E-state index contributed by atoms with van der Waals surface area (Å²) in [5.74, 6) is 0.270. The number of ether oxygens (including phenoxy) is 1. The molecule has 88 valence electrons. The van der Waals surface area contributed by atoms with Crippen LogP contribution in [-0.4, -0.2) is 22.5 Å². The van der Waals surface area contributed by atoms with Crippen molar-refractivity contribution in [3.63, 3.8) is 0 Å². The highest BCUT2D eigenvalue weighted by atomic mass is 32.2. The molecule has 0 amide bonds. The number of fused-ring (bicyclic) bond motifs is 1. The van der Waals surface area contributed by atoms with Crippen LogP contribution < -0.4 is 5.73 Å². The van der Waals surface area contributed by atoms with Gasteiger partial charge in [-0.3, -0.25) is 4.21 Å². The summed E-state index contributed by atoms with van der Waals surface area (Å²) >= 11 is 1.26. The molecule has 2 rings (SSSR count). The number of anilines is 1. The van der Waals surface area contributed by atoms with Gasteiger partial charge in [-0.1, -0.05) is 0 Å². The summed E-state index contributed by atoms with van der Waals surface area (Å²) in [6.07, 6.45) is 1.60. The van der Waals surface area contributed by atoms with E-state index >= 15 is 0 Å². The van der Waals surface area contributed by atoms with Crippen LogP contribution in [0.15, 0.2) is 4.21 Å². The van der Waals surface area contributed by atoms with Gasteiger partial charge in [-0.25, -0.2) is 4.79 Å². The van der Waals surface area contributed by atoms with Gasteiger partial charge in [0.25, 0.3) is 0 Å². The number of hydrogen-bond acceptors (Lipinski definition) is 5. The summed E-state index contributed by atoms with van der Waals surface area (Å²) < 4.78 is 17.5. The van der Waals surface area contributed by atoms with Gasteiger partial charge in [-0.15, -0.1) is 11.3 Å². The average molecular weight is 259 g/mol. The Morgan fingerprint density at radius 1 is 1.62 bits per heavy atom. The van der Waals surface area contributed by atoms with Gasteiger partial charge in [0.15, 0.2) is 0 Å². The number of nitrogen functional groups attached to an aromatic ring is 1. The zero-order valence-electron chi connectivity index (χ0n) is 8.95. The SMILES string of the molecule is CCOC(=O)c1c(N)sc2c1CCC[S@]2=O. The van der Waals surface area contributed by atoms with Crippen LogP contribution in [0.4, 0.5) is 5.00 Å². The molecule has 0 aliphatic carbocycles. The third-order valence-corrected chi connectivity index (χ3v) is 5.42. The molecule has 1 aliphatic heterocycles. The molecular formula is C10H13NO3S2. The highest BCUT2D eigenvalue weighted by Gasteiger charge is 2.28. The second-order valence-electron chi connectivity index (χ2n) is 3.48. The Hall–Kier alpha value is -0.880. The number of rotatable bonds is 2. The summed E-state index contributed by atoms with van der Waals surface area (Å²) in [7, 11) is -0.994. The quantitative estimate of drug-likeness (QED) is 0.818. The second-order valence-corrected chi connectivity index (χ2v) is 6.30. The smallest absolute Gasteiger partial charge is 0.341 e. The van der Waals surface area contributed by atoms with E-state index in [1.165, 1.54) is 11.3 Å². The van der Waals surface area contributed by atoms with Gasteiger partial charge in [-0.05, 0) is 25.3 Å². The average Bonchev–Trinajstić information content (AvgIpc) is 2.56. The third kappa shape index (κ3) is 1.87. The molecule has 0 radical (unpaired) electrons. The number of hydrogen-bond donors (Lipinski definition) is 1. The molecule has 6 heteroatoms. The molecule has 0 aromatic carbocycles. The van der Waals surface area contributed by atoms with Gasteiger partial charge in [0.1, 0.15) is 5.00 Å². The highest BCUT2D eigenvalue weighted by Crippen LogP contribution is 2.37. The molecule has 1 aromatic rings. The molecule has 2 heterocycles. The molecule has 1 aliphatic rings. The number of thiophene rings is 1. The monoisotopic (exact) mass is 259 g/mol. The first-order chi connectivity index (χ1) is 7.65. The standard InChI is InChI=1S/C10H13NO3S2/c1-2-14-9(12)7-6-4-3-5-16(13)10(6)15-8(7)11/h2-5,11H2,1H3/t16-/m1/s1. The molecule has 16 heavy (non-hydrogen) atoms. The lowest BCUT2D eigenvalue weighted by atomic mass is 10.1. The molecule has 0 unspecified atom stereocenters. The maximum Gasteiger partial charge on any atom is 0.341 e. The van der Waals surface area contributed by atoms with Crippen LogP contribution in [0.25, 0.3) is 0 Å². The summed E-state index contributed by atoms with van der Waals surface area (Å²) in [6, 6.07) is 0. The Balaban J connectivity index is 2.46. The molecule has 2 N–H and O–H groups in total. The lowest BCUT2D eigenvalue weighted by Gasteiger charge is -2.11. The van der Waals surface area contributed by atoms with E-state index in [9.17, 15) is 9.00 Å². The van der Waals surface area contributed by atoms with Gasteiger partial charge in [0.05, 0.1) is 27.2 Å². The summed E-state index contributed by atoms with van der Waals surface area (Å²) in [5.41, 5.74) is 7.08. The highest BCUT2D eigenvalue weighted by molar-refractivity contribution is 7.87. The van der Waals surface area contributed by atoms with Crippen molar-refractivity contribution in [3.05, 3.63) is 11.1 Å². The van der Waals surface area contributed by atoms with Crippen LogP contribution >= 0.6 is 11.3 Å². The minimum atomic E-state index is -0.994. The van der Waals surface area contributed by atoms with Gasteiger partial charge in [0, 0.05) is 5.75 Å². The molecular weight excluding hydrogens is 246 g/mol. The lowest BCUT2D eigenvalue weighted by molar-refractivity contribution is 0.0526. The van der Waals surface area contributed by atoms with E-state index in [2.05, 4.69) is 0 Å². The maximum absolute atomic E-state index is 11.7. The van der Waals surface area contributed by atoms with Crippen molar-refractivity contribution >= 4 is 33.1 Å². The van der Waals surface area contributed by atoms with Crippen LogP contribution in [0.5, 0.6) is 0 Å². The van der Waals surface area contributed by atoms with Crippen molar-refractivity contribution in [3.8, 4) is 0 Å². The fraction of sp³-hybridized carbons (Fsp3) is 0.500. The molecule has 0 saturated carbocycles. The van der Waals surface area contributed by atoms with Gasteiger partial charge in [-0.2, -0.15) is 0 Å². The van der Waals surface area contributed by atoms with E-state index in [0.717, 1.165) is 22.6 Å². The summed E-state index contributed by atoms with van der Waals surface area (Å²) in [4.78, 5) is 11.7. The number of carbonyl (C=O) groups is 1. The largest absolute Gasteiger partial charge is 0.462 e. The van der Waals surface area contributed by atoms with Crippen molar-refractivity contribution < 1.29 is 13.7 Å². The normalized spacial score (nSPS) is 19.2. The van der Waals surface area contributed by atoms with Crippen LogP contribution in [-0.2, 0) is 22.0 Å². The van der Waals surface area contributed by atoms with Gasteiger partial charge >= 0.3 is 5.97 Å². The van der Waals surface area contributed by atoms with Crippen LogP contribution in [0, 0.1) is 0 Å².